The van der Waals surface area contributed by atoms with E-state index in [1.807, 2.05) is 56.3 Å². The van der Waals surface area contributed by atoms with Gasteiger partial charge in [-0.15, -0.1) is 0 Å². The molecule has 4 aromatic rings. The molecule has 0 fully saturated rings. The summed E-state index contributed by atoms with van der Waals surface area (Å²) in [5, 5.41) is 8.35. The van der Waals surface area contributed by atoms with E-state index in [0.717, 1.165) is 50.5 Å². The van der Waals surface area contributed by atoms with Crippen LogP contribution in [0.2, 0.25) is 0 Å². The average Bonchev–Trinajstić information content (AvgIpc) is 3.04. The lowest BCUT2D eigenvalue weighted by molar-refractivity contribution is 0.393. The van der Waals surface area contributed by atoms with E-state index in [-0.39, 0.29) is 5.56 Å². The van der Waals surface area contributed by atoms with Crippen molar-refractivity contribution in [3.63, 3.8) is 0 Å². The van der Waals surface area contributed by atoms with E-state index in [0.29, 0.717) is 6.54 Å². The van der Waals surface area contributed by atoms with Crippen LogP contribution in [0.15, 0.2) is 57.8 Å². The van der Waals surface area contributed by atoms with Crippen LogP contribution in [0.4, 0.5) is 5.69 Å². The average molecular weight is 375 g/mol. The molecule has 142 valence electrons. The van der Waals surface area contributed by atoms with Gasteiger partial charge in [-0.1, -0.05) is 23.4 Å². The zero-order valence-corrected chi connectivity index (χ0v) is 16.0. The molecule has 0 atom stereocenters. The molecular weight excluding hydrogens is 354 g/mol. The number of aromatic amines is 1. The molecule has 4 rings (SSSR count). The van der Waals surface area contributed by atoms with Crippen molar-refractivity contribution in [1.82, 2.24) is 10.1 Å². The molecule has 0 aliphatic rings. The number of hydrogen-bond donors (Lipinski definition) is 2. The second-order valence-electron chi connectivity index (χ2n) is 6.71. The number of H-pyrrole nitrogens is 1. The smallest absolute Gasteiger partial charge is 0.250 e. The molecule has 0 bridgehead atoms. The quantitative estimate of drug-likeness (QED) is 0.540. The van der Waals surface area contributed by atoms with Gasteiger partial charge in [0.2, 0.25) is 5.56 Å². The number of aromatic nitrogens is 2. The molecule has 0 aliphatic carbocycles. The SMILES string of the molecule is COc1cccc(CNc2cc(=O)[nH]c3ccc(-c4c(C)noc4C)cc23)c1. The van der Waals surface area contributed by atoms with E-state index >= 15 is 0 Å². The minimum Gasteiger partial charge on any atom is -0.497 e. The van der Waals surface area contributed by atoms with Gasteiger partial charge in [0.05, 0.1) is 18.3 Å². The number of fused-ring (bicyclic) bond motifs is 1. The summed E-state index contributed by atoms with van der Waals surface area (Å²) in [5.74, 6) is 1.57. The highest BCUT2D eigenvalue weighted by Gasteiger charge is 2.13. The lowest BCUT2D eigenvalue weighted by Crippen LogP contribution is -2.08. The minimum absolute atomic E-state index is 0.147. The third-order valence-corrected chi connectivity index (χ3v) is 4.78. The Balaban J connectivity index is 1.74. The fourth-order valence-corrected chi connectivity index (χ4v) is 3.43. The third kappa shape index (κ3) is 3.36. The summed E-state index contributed by atoms with van der Waals surface area (Å²) in [6.07, 6.45) is 0. The molecule has 0 saturated heterocycles. The number of rotatable bonds is 5. The molecule has 0 saturated carbocycles. The molecule has 6 heteroatoms. The molecule has 0 amide bonds. The maximum absolute atomic E-state index is 12.1. The molecule has 0 radical (unpaired) electrons. The fraction of sp³-hybridized carbons (Fsp3) is 0.182. The molecule has 0 unspecified atom stereocenters. The number of methoxy groups -OCH3 is 1. The van der Waals surface area contributed by atoms with E-state index in [1.54, 1.807) is 13.2 Å². The van der Waals surface area contributed by atoms with Crippen molar-refractivity contribution in [2.75, 3.05) is 12.4 Å². The summed E-state index contributed by atoms with van der Waals surface area (Å²) in [5.41, 5.74) is 5.28. The maximum Gasteiger partial charge on any atom is 0.250 e. The first-order valence-corrected chi connectivity index (χ1v) is 9.02. The van der Waals surface area contributed by atoms with Gasteiger partial charge < -0.3 is 19.6 Å². The number of anilines is 1. The Morgan fingerprint density at radius 1 is 1.14 bits per heavy atom. The Labute approximate surface area is 162 Å². The lowest BCUT2D eigenvalue weighted by atomic mass is 10.0. The zero-order chi connectivity index (χ0) is 19.7. The number of benzene rings is 2. The minimum atomic E-state index is -0.147. The van der Waals surface area contributed by atoms with Crippen molar-refractivity contribution >= 4 is 16.6 Å². The highest BCUT2D eigenvalue weighted by atomic mass is 16.5. The summed E-state index contributed by atoms with van der Waals surface area (Å²) < 4.78 is 10.6. The highest BCUT2D eigenvalue weighted by molar-refractivity contribution is 5.94. The molecule has 2 N–H and O–H groups in total. The van der Waals surface area contributed by atoms with Crippen molar-refractivity contribution in [2.24, 2.45) is 0 Å². The van der Waals surface area contributed by atoms with Crippen molar-refractivity contribution in [2.45, 2.75) is 20.4 Å². The van der Waals surface area contributed by atoms with E-state index in [2.05, 4.69) is 15.5 Å². The lowest BCUT2D eigenvalue weighted by Gasteiger charge is -2.12. The molecule has 0 spiro atoms. The predicted molar refractivity (Wildman–Crippen MR) is 110 cm³/mol. The van der Waals surface area contributed by atoms with Crippen LogP contribution in [0.25, 0.3) is 22.0 Å². The van der Waals surface area contributed by atoms with Crippen molar-refractivity contribution in [3.8, 4) is 16.9 Å². The summed E-state index contributed by atoms with van der Waals surface area (Å²) in [6, 6.07) is 15.3. The summed E-state index contributed by atoms with van der Waals surface area (Å²) >= 11 is 0. The number of hydrogen-bond acceptors (Lipinski definition) is 5. The number of ether oxygens (including phenoxy) is 1. The van der Waals surface area contributed by atoms with Gasteiger partial charge in [0.15, 0.2) is 0 Å². The van der Waals surface area contributed by atoms with Crippen molar-refractivity contribution in [3.05, 3.63) is 75.9 Å². The van der Waals surface area contributed by atoms with Gasteiger partial charge in [-0.05, 0) is 49.2 Å². The van der Waals surface area contributed by atoms with Crippen LogP contribution < -0.4 is 15.6 Å². The number of nitrogens with one attached hydrogen (secondary N) is 2. The second kappa shape index (κ2) is 7.23. The molecule has 6 nitrogen and oxygen atoms in total. The van der Waals surface area contributed by atoms with Crippen molar-refractivity contribution in [1.29, 1.82) is 0 Å². The Kier molecular flexibility index (Phi) is 4.61. The summed E-state index contributed by atoms with van der Waals surface area (Å²) in [7, 11) is 1.65. The second-order valence-corrected chi connectivity index (χ2v) is 6.71. The van der Waals surface area contributed by atoms with Gasteiger partial charge in [0, 0.05) is 29.2 Å². The Morgan fingerprint density at radius 3 is 2.75 bits per heavy atom. The first kappa shape index (κ1) is 17.9. The third-order valence-electron chi connectivity index (χ3n) is 4.78. The summed E-state index contributed by atoms with van der Waals surface area (Å²) in [4.78, 5) is 15.0. The van der Waals surface area contributed by atoms with Crippen LogP contribution >= 0.6 is 0 Å². The molecule has 2 aromatic carbocycles. The van der Waals surface area contributed by atoms with Crippen molar-refractivity contribution < 1.29 is 9.26 Å². The van der Waals surface area contributed by atoms with Gasteiger partial charge in [-0.2, -0.15) is 0 Å². The normalized spacial score (nSPS) is 11.0. The van der Waals surface area contributed by atoms with Crippen LogP contribution in [-0.4, -0.2) is 17.3 Å². The van der Waals surface area contributed by atoms with E-state index in [9.17, 15) is 4.79 Å². The van der Waals surface area contributed by atoms with Gasteiger partial charge in [-0.3, -0.25) is 4.79 Å². The molecule has 2 heterocycles. The fourth-order valence-electron chi connectivity index (χ4n) is 3.43. The number of aryl methyl sites for hydroxylation is 2. The molecule has 0 aliphatic heterocycles. The maximum atomic E-state index is 12.1. The largest absolute Gasteiger partial charge is 0.497 e. The standard InChI is InChI=1S/C22H21N3O3/c1-13-22(14(2)28-25-13)16-7-8-19-18(10-16)20(11-21(26)24-19)23-12-15-5-4-6-17(9-15)27-3/h4-11H,12H2,1-3H3,(H2,23,24,26). The van der Waals surface area contributed by atoms with Crippen LogP contribution in [0.1, 0.15) is 17.0 Å². The van der Waals surface area contributed by atoms with Gasteiger partial charge in [-0.25, -0.2) is 0 Å². The zero-order valence-electron chi connectivity index (χ0n) is 16.0. The monoisotopic (exact) mass is 375 g/mol. The Bertz CT molecular complexity index is 1190. The van der Waals surface area contributed by atoms with E-state index in [1.165, 1.54) is 0 Å². The number of nitrogens with zero attached hydrogens (tertiary/aromatic N) is 1. The molecule has 28 heavy (non-hydrogen) atoms. The van der Waals surface area contributed by atoms with Gasteiger partial charge in [0.25, 0.3) is 0 Å². The number of pyridine rings is 1. The first-order chi connectivity index (χ1) is 13.5. The Morgan fingerprint density at radius 2 is 2.00 bits per heavy atom. The topological polar surface area (TPSA) is 80.1 Å². The van der Waals surface area contributed by atoms with Gasteiger partial charge >= 0.3 is 0 Å². The first-order valence-electron chi connectivity index (χ1n) is 9.02. The van der Waals surface area contributed by atoms with Crippen LogP contribution in [0.5, 0.6) is 5.75 Å². The summed E-state index contributed by atoms with van der Waals surface area (Å²) in [6.45, 7) is 4.39. The van der Waals surface area contributed by atoms with Crippen LogP contribution in [-0.2, 0) is 6.54 Å². The molecule has 2 aromatic heterocycles. The Hall–Kier alpha value is -3.54. The van der Waals surface area contributed by atoms with E-state index < -0.39 is 0 Å². The van der Waals surface area contributed by atoms with E-state index in [4.69, 9.17) is 9.26 Å². The highest BCUT2D eigenvalue weighted by Crippen LogP contribution is 2.31. The van der Waals surface area contributed by atoms with Crippen LogP contribution in [0, 0.1) is 13.8 Å². The molecular formula is C22H21N3O3. The van der Waals surface area contributed by atoms with Gasteiger partial charge in [0.1, 0.15) is 11.5 Å². The predicted octanol–water partition coefficient (Wildman–Crippen LogP) is 4.42. The van der Waals surface area contributed by atoms with Crippen LogP contribution in [0.3, 0.4) is 0 Å².